The smallest absolute Gasteiger partial charge is 0.122 e. The summed E-state index contributed by atoms with van der Waals surface area (Å²) in [5.41, 5.74) is 2.25. The molecule has 1 aliphatic rings. The van der Waals surface area contributed by atoms with Crippen molar-refractivity contribution in [3.05, 3.63) is 71.8 Å². The number of halogens is 2. The summed E-state index contributed by atoms with van der Waals surface area (Å²) in [6.45, 7) is 8.37. The number of aliphatic hydroxyl groups is 1. The topological polar surface area (TPSA) is 35.9 Å². The fraction of sp³-hybridized carbons (Fsp3) is 0.364. The van der Waals surface area contributed by atoms with Crippen molar-refractivity contribution in [2.75, 3.05) is 44.2 Å². The molecule has 152 valence electrons. The number of rotatable bonds is 8. The van der Waals surface area contributed by atoms with Gasteiger partial charge < -0.3 is 14.7 Å². The average molecular weight is 423 g/mol. The van der Waals surface area contributed by atoms with Gasteiger partial charge in [-0.2, -0.15) is 0 Å². The molecule has 4 nitrogen and oxygen atoms in total. The first-order valence-electron chi connectivity index (χ1n) is 9.38. The van der Waals surface area contributed by atoms with Crippen LogP contribution in [0.4, 0.5) is 5.69 Å². The summed E-state index contributed by atoms with van der Waals surface area (Å²) in [7, 11) is 0. The Kier molecular flexibility index (Phi) is 9.13. The van der Waals surface area contributed by atoms with Crippen molar-refractivity contribution in [1.29, 1.82) is 0 Å². The lowest BCUT2D eigenvalue weighted by Crippen LogP contribution is -2.49. The first-order chi connectivity index (χ1) is 13.2. The number of anilines is 1. The van der Waals surface area contributed by atoms with Gasteiger partial charge in [-0.3, -0.25) is 4.90 Å². The number of para-hydroxylation sites is 1. The third-order valence-electron chi connectivity index (χ3n) is 4.78. The summed E-state index contributed by atoms with van der Waals surface area (Å²) in [6.07, 6.45) is 2.11. The number of piperazine rings is 1. The van der Waals surface area contributed by atoms with Crippen LogP contribution in [-0.4, -0.2) is 55.4 Å². The minimum absolute atomic E-state index is 0. The van der Waals surface area contributed by atoms with Crippen LogP contribution in [0.3, 0.4) is 0 Å². The van der Waals surface area contributed by atoms with Crippen LogP contribution in [0, 0.1) is 0 Å². The first kappa shape index (κ1) is 22.6. The molecule has 0 spiro atoms. The van der Waals surface area contributed by atoms with Crippen molar-refractivity contribution in [2.45, 2.75) is 12.5 Å². The molecule has 2 aromatic carbocycles. The van der Waals surface area contributed by atoms with Gasteiger partial charge in [0.1, 0.15) is 18.5 Å². The maximum Gasteiger partial charge on any atom is 0.122 e. The van der Waals surface area contributed by atoms with Crippen LogP contribution in [0.25, 0.3) is 0 Å². The fourth-order valence-corrected chi connectivity index (χ4v) is 3.55. The van der Waals surface area contributed by atoms with Crippen LogP contribution < -0.4 is 9.64 Å². The maximum atomic E-state index is 10.4. The molecule has 3 rings (SSSR count). The van der Waals surface area contributed by atoms with Gasteiger partial charge in [0.05, 0.1) is 0 Å². The zero-order chi connectivity index (χ0) is 19.1. The molecule has 1 saturated heterocycles. The molecular weight excluding hydrogens is 395 g/mol. The first-order valence-corrected chi connectivity index (χ1v) is 9.76. The molecule has 28 heavy (non-hydrogen) atoms. The van der Waals surface area contributed by atoms with Crippen molar-refractivity contribution in [2.24, 2.45) is 0 Å². The van der Waals surface area contributed by atoms with Crippen molar-refractivity contribution in [3.8, 4) is 5.75 Å². The number of allylic oxidation sites excluding steroid dienone is 1. The predicted molar refractivity (Wildman–Crippen MR) is 119 cm³/mol. The van der Waals surface area contributed by atoms with Gasteiger partial charge in [0.25, 0.3) is 0 Å². The molecule has 1 unspecified atom stereocenters. The maximum absolute atomic E-state index is 10.4. The number of nitrogens with zero attached hydrogens (tertiary/aromatic N) is 2. The second-order valence-electron chi connectivity index (χ2n) is 6.83. The summed E-state index contributed by atoms with van der Waals surface area (Å²) >= 11 is 6.09. The molecule has 0 bridgehead atoms. The van der Waals surface area contributed by atoms with Gasteiger partial charge in [-0.15, -0.1) is 19.0 Å². The lowest BCUT2D eigenvalue weighted by Gasteiger charge is -2.37. The third kappa shape index (κ3) is 6.42. The molecule has 0 aliphatic carbocycles. The van der Waals surface area contributed by atoms with E-state index in [9.17, 15) is 5.11 Å². The van der Waals surface area contributed by atoms with E-state index in [-0.39, 0.29) is 12.4 Å². The molecule has 0 amide bonds. The summed E-state index contributed by atoms with van der Waals surface area (Å²) in [6, 6.07) is 15.9. The molecule has 1 fully saturated rings. The lowest BCUT2D eigenvalue weighted by molar-refractivity contribution is 0.0660. The molecular formula is C22H28Cl2N2O2. The van der Waals surface area contributed by atoms with Crippen LogP contribution in [0.2, 0.25) is 5.02 Å². The molecule has 6 heteroatoms. The molecule has 0 saturated carbocycles. The number of ether oxygens (including phenoxy) is 1. The van der Waals surface area contributed by atoms with Gasteiger partial charge in [-0.05, 0) is 36.2 Å². The van der Waals surface area contributed by atoms with E-state index >= 15 is 0 Å². The quantitative estimate of drug-likeness (QED) is 0.650. The van der Waals surface area contributed by atoms with Gasteiger partial charge in [-0.25, -0.2) is 0 Å². The second kappa shape index (κ2) is 11.3. The Morgan fingerprint density at radius 3 is 2.57 bits per heavy atom. The van der Waals surface area contributed by atoms with Gasteiger partial charge in [0, 0.05) is 43.4 Å². The SMILES string of the molecule is C=CCc1ccccc1OCC(O)CN1CCN(c2cccc(Cl)c2)CC1.Cl. The minimum atomic E-state index is -0.514. The van der Waals surface area contributed by atoms with E-state index in [2.05, 4.69) is 22.4 Å². The van der Waals surface area contributed by atoms with Crippen LogP contribution in [-0.2, 0) is 6.42 Å². The molecule has 0 radical (unpaired) electrons. The number of aliphatic hydroxyl groups excluding tert-OH is 1. The highest BCUT2D eigenvalue weighted by atomic mass is 35.5. The van der Waals surface area contributed by atoms with Gasteiger partial charge >= 0.3 is 0 Å². The van der Waals surface area contributed by atoms with Crippen molar-refractivity contribution in [3.63, 3.8) is 0 Å². The lowest BCUT2D eigenvalue weighted by atomic mass is 10.1. The molecule has 1 atom stereocenters. The van der Waals surface area contributed by atoms with E-state index in [1.807, 2.05) is 48.5 Å². The molecule has 1 aliphatic heterocycles. The minimum Gasteiger partial charge on any atom is -0.491 e. The summed E-state index contributed by atoms with van der Waals surface area (Å²) in [5.74, 6) is 0.822. The van der Waals surface area contributed by atoms with Gasteiger partial charge in [-0.1, -0.05) is 41.9 Å². The Labute approximate surface area is 178 Å². The Balaban J connectivity index is 0.00000280. The number of β-amino-alcohol motifs (C(OH)–C–C–N with tert-alkyl or cyclic N) is 1. The van der Waals surface area contributed by atoms with Crippen LogP contribution >= 0.6 is 24.0 Å². The van der Waals surface area contributed by atoms with Crippen molar-refractivity contribution >= 4 is 29.7 Å². The largest absolute Gasteiger partial charge is 0.491 e. The normalized spacial score (nSPS) is 15.6. The van der Waals surface area contributed by atoms with E-state index in [4.69, 9.17) is 16.3 Å². The van der Waals surface area contributed by atoms with Crippen LogP contribution in [0.15, 0.2) is 61.2 Å². The Morgan fingerprint density at radius 2 is 1.86 bits per heavy atom. The standard InChI is InChI=1S/C22H27ClN2O2.ClH/c1-2-6-18-7-3-4-10-22(18)27-17-21(26)16-24-11-13-25(14-12-24)20-9-5-8-19(23)15-20;/h2-5,7-10,15,21,26H,1,6,11-14,16-17H2;1H. The average Bonchev–Trinajstić information content (AvgIpc) is 2.68. The summed E-state index contributed by atoms with van der Waals surface area (Å²) in [4.78, 5) is 4.61. The molecule has 2 aromatic rings. The molecule has 1 N–H and O–H groups in total. The van der Waals surface area contributed by atoms with Gasteiger partial charge in [0.2, 0.25) is 0 Å². The highest BCUT2D eigenvalue weighted by Crippen LogP contribution is 2.21. The predicted octanol–water partition coefficient (Wildman–Crippen LogP) is 4.05. The Morgan fingerprint density at radius 1 is 1.11 bits per heavy atom. The second-order valence-corrected chi connectivity index (χ2v) is 7.27. The Hall–Kier alpha value is -1.72. The summed E-state index contributed by atoms with van der Waals surface area (Å²) < 4.78 is 5.85. The van der Waals surface area contributed by atoms with Gasteiger partial charge in [0.15, 0.2) is 0 Å². The monoisotopic (exact) mass is 422 g/mol. The zero-order valence-electron chi connectivity index (χ0n) is 16.0. The van der Waals surface area contributed by atoms with E-state index < -0.39 is 6.10 Å². The fourth-order valence-electron chi connectivity index (χ4n) is 3.37. The van der Waals surface area contributed by atoms with E-state index in [0.717, 1.165) is 54.6 Å². The molecule has 0 aromatic heterocycles. The zero-order valence-corrected chi connectivity index (χ0v) is 17.5. The highest BCUT2D eigenvalue weighted by molar-refractivity contribution is 6.30. The summed E-state index contributed by atoms with van der Waals surface area (Å²) in [5, 5.41) is 11.1. The van der Waals surface area contributed by atoms with E-state index in [1.165, 1.54) is 0 Å². The molecule has 1 heterocycles. The van der Waals surface area contributed by atoms with Crippen LogP contribution in [0.1, 0.15) is 5.56 Å². The highest BCUT2D eigenvalue weighted by Gasteiger charge is 2.20. The van der Waals surface area contributed by atoms with Crippen LogP contribution in [0.5, 0.6) is 5.75 Å². The van der Waals surface area contributed by atoms with E-state index in [1.54, 1.807) is 0 Å². The number of benzene rings is 2. The number of hydrogen-bond donors (Lipinski definition) is 1. The third-order valence-corrected chi connectivity index (χ3v) is 5.02. The van der Waals surface area contributed by atoms with Crippen molar-refractivity contribution in [1.82, 2.24) is 4.90 Å². The Bertz CT molecular complexity index is 749. The van der Waals surface area contributed by atoms with E-state index in [0.29, 0.717) is 13.2 Å². The van der Waals surface area contributed by atoms with Crippen molar-refractivity contribution < 1.29 is 9.84 Å². The number of hydrogen-bond acceptors (Lipinski definition) is 4.